The number of likely N-dealkylation sites (tertiary alicyclic amines) is 1. The number of likely N-dealkylation sites (N-methyl/N-ethyl adjacent to an activating group) is 1. The Labute approximate surface area is 316 Å². The zero-order chi connectivity index (χ0) is 39.7. The summed E-state index contributed by atoms with van der Waals surface area (Å²) in [5, 5.41) is 15.2. The summed E-state index contributed by atoms with van der Waals surface area (Å²) in [6.45, 7) is 2.30. The summed E-state index contributed by atoms with van der Waals surface area (Å²) in [6, 6.07) is 12.7. The minimum Gasteiger partial charge on any atom is -0.496 e. The maximum Gasteiger partial charge on any atom is 0.316 e. The van der Waals surface area contributed by atoms with Gasteiger partial charge in [-0.1, -0.05) is 12.1 Å². The zero-order valence-corrected chi connectivity index (χ0v) is 31.4. The van der Waals surface area contributed by atoms with E-state index in [9.17, 15) is 33.9 Å². The molecule has 2 atom stereocenters. The summed E-state index contributed by atoms with van der Waals surface area (Å²) >= 11 is 0. The Balaban J connectivity index is 0.000000397. The molecule has 3 aliphatic heterocycles. The van der Waals surface area contributed by atoms with Crippen molar-refractivity contribution in [3.05, 3.63) is 81.9 Å². The molecule has 0 aliphatic carbocycles. The van der Waals surface area contributed by atoms with E-state index in [1.807, 2.05) is 55.3 Å². The lowest BCUT2D eigenvalue weighted by atomic mass is 9.84. The number of benzene rings is 2. The van der Waals surface area contributed by atoms with Gasteiger partial charge in [0.15, 0.2) is 0 Å². The molecule has 2 saturated heterocycles. The van der Waals surface area contributed by atoms with Gasteiger partial charge < -0.3 is 28.9 Å². The standard InChI is InChI=1S/C31H38N6O7.C8H5NO2/c1-34(2)26-10-20-21(11-32-26)30(40)36(4)15-22(20)17-7-24(43-5)23(25(8-17)44-6)16-37-13-19(14-37)35(3)12-18-9-27(38)33-29(39)28(18)31(41)42;10-7-5-3-1-2-4-6(5)8(11)9-7/h7-8,10-11,15,18-19,28H,9,12-14,16H2,1-6H3,(H,41,42)(H,33,38,39);1-4H,(H,9,10,11). The number of ether oxygens (including phenoxy) is 2. The second kappa shape index (κ2) is 15.7. The Morgan fingerprint density at radius 3 is 2.09 bits per heavy atom. The third-order valence-electron chi connectivity index (χ3n) is 10.3. The monoisotopic (exact) mass is 753 g/mol. The highest BCUT2D eigenvalue weighted by Gasteiger charge is 2.43. The Hall–Kier alpha value is -6.13. The number of hydrogen-bond donors (Lipinski definition) is 3. The molecule has 4 amide bonds. The smallest absolute Gasteiger partial charge is 0.316 e. The maximum absolute atomic E-state index is 12.9. The van der Waals surface area contributed by atoms with Gasteiger partial charge >= 0.3 is 5.97 Å². The van der Waals surface area contributed by atoms with Crippen LogP contribution < -0.4 is 30.6 Å². The first-order valence-electron chi connectivity index (χ1n) is 17.6. The summed E-state index contributed by atoms with van der Waals surface area (Å²) in [6.07, 6.45) is 3.42. The quantitative estimate of drug-likeness (QED) is 0.157. The lowest BCUT2D eigenvalue weighted by Gasteiger charge is -2.45. The number of aryl methyl sites for hydroxylation is 1. The number of carbonyl (C=O) groups is 5. The molecule has 0 radical (unpaired) electrons. The highest BCUT2D eigenvalue weighted by molar-refractivity contribution is 6.21. The molecular weight excluding hydrogens is 710 g/mol. The molecule has 16 heteroatoms. The number of amides is 4. The molecule has 55 heavy (non-hydrogen) atoms. The number of aliphatic carboxylic acids is 1. The predicted octanol–water partition coefficient (Wildman–Crippen LogP) is 1.73. The van der Waals surface area contributed by atoms with E-state index in [2.05, 4.69) is 20.5 Å². The molecule has 2 unspecified atom stereocenters. The summed E-state index contributed by atoms with van der Waals surface area (Å²) in [7, 11) is 10.6. The third-order valence-corrected chi connectivity index (χ3v) is 10.3. The first kappa shape index (κ1) is 38.6. The second-order valence-corrected chi connectivity index (χ2v) is 14.1. The first-order valence-corrected chi connectivity index (χ1v) is 17.6. The molecule has 16 nitrogen and oxygen atoms in total. The first-order chi connectivity index (χ1) is 26.2. The lowest BCUT2D eigenvalue weighted by molar-refractivity contribution is -0.154. The van der Waals surface area contributed by atoms with Crippen LogP contribution in [0, 0.1) is 11.8 Å². The fourth-order valence-electron chi connectivity index (χ4n) is 7.25. The van der Waals surface area contributed by atoms with Crippen molar-refractivity contribution in [3.63, 3.8) is 0 Å². The van der Waals surface area contributed by atoms with Crippen molar-refractivity contribution in [2.75, 3.05) is 59.9 Å². The number of carboxylic acid groups (broad SMARTS) is 1. The Morgan fingerprint density at radius 2 is 1.53 bits per heavy atom. The van der Waals surface area contributed by atoms with Gasteiger partial charge in [-0.15, -0.1) is 0 Å². The number of hydrogen-bond acceptors (Lipinski definition) is 12. The fourth-order valence-corrected chi connectivity index (χ4v) is 7.25. The van der Waals surface area contributed by atoms with Gasteiger partial charge in [-0.05, 0) is 42.9 Å². The number of piperidine rings is 1. The van der Waals surface area contributed by atoms with E-state index in [0.717, 1.165) is 27.9 Å². The van der Waals surface area contributed by atoms with Crippen molar-refractivity contribution in [3.8, 4) is 22.6 Å². The largest absolute Gasteiger partial charge is 0.496 e. The number of methoxy groups -OCH3 is 2. The molecule has 0 saturated carbocycles. The maximum atomic E-state index is 12.9. The van der Waals surface area contributed by atoms with E-state index >= 15 is 0 Å². The molecule has 2 aromatic carbocycles. The van der Waals surface area contributed by atoms with Gasteiger partial charge in [-0.2, -0.15) is 0 Å². The molecule has 3 aliphatic rings. The summed E-state index contributed by atoms with van der Waals surface area (Å²) in [5.41, 5.74) is 3.36. The van der Waals surface area contributed by atoms with Crippen molar-refractivity contribution >= 4 is 46.2 Å². The lowest BCUT2D eigenvalue weighted by Crippen LogP contribution is -2.60. The van der Waals surface area contributed by atoms with Crippen molar-refractivity contribution in [1.82, 2.24) is 30.0 Å². The summed E-state index contributed by atoms with van der Waals surface area (Å²) in [4.78, 5) is 81.1. The van der Waals surface area contributed by atoms with Crippen LogP contribution in [0.4, 0.5) is 5.82 Å². The minimum atomic E-state index is -1.24. The van der Waals surface area contributed by atoms with Crippen LogP contribution >= 0.6 is 0 Å². The van der Waals surface area contributed by atoms with Gasteiger partial charge in [-0.25, -0.2) is 4.98 Å². The number of nitrogens with zero attached hydrogens (tertiary/aromatic N) is 5. The normalized spacial score (nSPS) is 18.2. The molecule has 0 bridgehead atoms. The van der Waals surface area contributed by atoms with E-state index in [-0.39, 0.29) is 29.8 Å². The Kier molecular flexibility index (Phi) is 11.0. The van der Waals surface area contributed by atoms with E-state index in [4.69, 9.17) is 9.47 Å². The number of rotatable bonds is 10. The predicted molar refractivity (Wildman–Crippen MR) is 202 cm³/mol. The Morgan fingerprint density at radius 1 is 0.909 bits per heavy atom. The van der Waals surface area contributed by atoms with E-state index < -0.39 is 29.6 Å². The van der Waals surface area contributed by atoms with Crippen LogP contribution in [0.3, 0.4) is 0 Å². The fraction of sp³-hybridized carbons (Fsp3) is 0.359. The van der Waals surface area contributed by atoms with Gasteiger partial charge in [0.25, 0.3) is 17.4 Å². The van der Waals surface area contributed by atoms with Crippen LogP contribution in [0.2, 0.25) is 0 Å². The van der Waals surface area contributed by atoms with Crippen molar-refractivity contribution in [1.29, 1.82) is 0 Å². The molecular formula is C39H43N7O9. The molecule has 2 fully saturated rings. The van der Waals surface area contributed by atoms with Crippen LogP contribution in [0.5, 0.6) is 11.5 Å². The van der Waals surface area contributed by atoms with Gasteiger partial charge in [0.2, 0.25) is 11.8 Å². The van der Waals surface area contributed by atoms with Gasteiger partial charge in [0.05, 0.1) is 36.3 Å². The molecule has 288 valence electrons. The molecule has 4 aromatic rings. The van der Waals surface area contributed by atoms with Crippen molar-refractivity contribution in [2.45, 2.75) is 19.0 Å². The number of anilines is 1. The molecule has 2 aromatic heterocycles. The number of pyridine rings is 2. The molecule has 3 N–H and O–H groups in total. The van der Waals surface area contributed by atoms with Gasteiger partial charge in [0, 0.05) is 89.0 Å². The number of fused-ring (bicyclic) bond motifs is 2. The molecule has 0 spiro atoms. The van der Waals surface area contributed by atoms with E-state index in [0.29, 0.717) is 54.2 Å². The van der Waals surface area contributed by atoms with E-state index in [1.54, 1.807) is 56.3 Å². The van der Waals surface area contributed by atoms with Crippen LogP contribution in [-0.2, 0) is 28.0 Å². The molecule has 7 rings (SSSR count). The minimum absolute atomic E-state index is 0.00204. The van der Waals surface area contributed by atoms with Crippen LogP contribution in [-0.4, -0.2) is 115 Å². The number of aromatic nitrogens is 2. The van der Waals surface area contributed by atoms with Crippen molar-refractivity contribution in [2.24, 2.45) is 18.9 Å². The van der Waals surface area contributed by atoms with Gasteiger partial charge in [-0.3, -0.25) is 44.3 Å². The number of carboxylic acids is 1. The molecule has 5 heterocycles. The van der Waals surface area contributed by atoms with Crippen molar-refractivity contribution < 1.29 is 38.6 Å². The topological polar surface area (TPSA) is 193 Å². The average molecular weight is 754 g/mol. The van der Waals surface area contributed by atoms with Crippen LogP contribution in [0.15, 0.2) is 59.7 Å². The number of nitrogens with one attached hydrogen (secondary N) is 2. The summed E-state index contributed by atoms with van der Waals surface area (Å²) in [5.74, 6) is -2.80. The Bertz CT molecular complexity index is 2210. The van der Waals surface area contributed by atoms with Crippen LogP contribution in [0.25, 0.3) is 21.9 Å². The average Bonchev–Trinajstić information content (AvgIpc) is 3.42. The second-order valence-electron chi connectivity index (χ2n) is 14.1. The number of imide groups is 2. The highest BCUT2D eigenvalue weighted by Crippen LogP contribution is 2.39. The van der Waals surface area contributed by atoms with E-state index in [1.165, 1.54) is 0 Å². The third kappa shape index (κ3) is 7.77. The number of carbonyl (C=O) groups excluding carboxylic acids is 4. The zero-order valence-electron chi connectivity index (χ0n) is 31.4. The SMILES string of the molecule is COc1cc(-c2cn(C)c(=O)c3cnc(N(C)C)cc23)cc(OC)c1CN1CC(N(C)CC2CC(=O)NC(=O)C2C(=O)O)C1.O=C1NC(=O)c2ccccc21. The van der Waals surface area contributed by atoms with Gasteiger partial charge in [0.1, 0.15) is 23.2 Å². The highest BCUT2D eigenvalue weighted by atomic mass is 16.5. The van der Waals surface area contributed by atoms with Crippen LogP contribution in [0.1, 0.15) is 32.7 Å². The summed E-state index contributed by atoms with van der Waals surface area (Å²) < 4.78 is 13.2.